The summed E-state index contributed by atoms with van der Waals surface area (Å²) in [5.74, 6) is 1.01. The number of piperazine rings is 1. The Morgan fingerprint density at radius 2 is 2.05 bits per heavy atom. The lowest BCUT2D eigenvalue weighted by atomic mass is 10.2. The largest absolute Gasteiger partial charge is 0.336 e. The molecule has 1 aliphatic carbocycles. The van der Waals surface area contributed by atoms with Crippen LogP contribution in [0.2, 0.25) is 0 Å². The normalized spacial score (nSPS) is 20.6. The van der Waals surface area contributed by atoms with E-state index >= 15 is 0 Å². The number of hydrogen-bond donors (Lipinski definition) is 0. The molecule has 1 aromatic rings. The third-order valence-corrected chi connectivity index (χ3v) is 4.49. The smallest absolute Gasteiger partial charge is 0.256 e. The van der Waals surface area contributed by atoms with Gasteiger partial charge in [-0.1, -0.05) is 0 Å². The molecule has 2 fully saturated rings. The van der Waals surface area contributed by atoms with Crippen molar-refractivity contribution < 1.29 is 4.79 Å². The van der Waals surface area contributed by atoms with Crippen LogP contribution in [0.1, 0.15) is 23.2 Å². The van der Waals surface area contributed by atoms with Crippen LogP contribution in [0.4, 0.5) is 0 Å². The van der Waals surface area contributed by atoms with Crippen molar-refractivity contribution in [3.05, 3.63) is 28.5 Å². The first kappa shape index (κ1) is 13.1. The molecule has 3 rings (SSSR count). The molecule has 19 heavy (non-hydrogen) atoms. The van der Waals surface area contributed by atoms with E-state index < -0.39 is 0 Å². The van der Waals surface area contributed by atoms with Gasteiger partial charge in [-0.05, 0) is 46.8 Å². The summed E-state index contributed by atoms with van der Waals surface area (Å²) in [5.41, 5.74) is 0.665. The zero-order valence-corrected chi connectivity index (χ0v) is 12.5. The monoisotopic (exact) mass is 323 g/mol. The van der Waals surface area contributed by atoms with Gasteiger partial charge in [-0.15, -0.1) is 0 Å². The Labute approximate surface area is 121 Å². The number of halogens is 1. The highest BCUT2D eigenvalue weighted by Crippen LogP contribution is 2.30. The third-order valence-electron chi connectivity index (χ3n) is 3.86. The van der Waals surface area contributed by atoms with Crippen LogP contribution in [0, 0.1) is 5.92 Å². The molecule has 1 amide bonds. The van der Waals surface area contributed by atoms with E-state index in [4.69, 9.17) is 0 Å². The van der Waals surface area contributed by atoms with Crippen LogP contribution in [0.5, 0.6) is 0 Å². The predicted octanol–water partition coefficient (Wildman–Crippen LogP) is 2.01. The first-order chi connectivity index (χ1) is 9.24. The van der Waals surface area contributed by atoms with Crippen molar-refractivity contribution in [2.45, 2.75) is 12.8 Å². The minimum absolute atomic E-state index is 0.0889. The molecule has 0 bridgehead atoms. The van der Waals surface area contributed by atoms with Crippen molar-refractivity contribution in [1.82, 2.24) is 14.8 Å². The Hall–Kier alpha value is -0.940. The van der Waals surface area contributed by atoms with Gasteiger partial charge in [0.2, 0.25) is 0 Å². The number of rotatable bonds is 3. The van der Waals surface area contributed by atoms with Crippen molar-refractivity contribution in [3.63, 3.8) is 0 Å². The second-order valence-corrected chi connectivity index (χ2v) is 6.13. The summed E-state index contributed by atoms with van der Waals surface area (Å²) >= 11 is 3.35. The van der Waals surface area contributed by atoms with Crippen molar-refractivity contribution in [2.24, 2.45) is 5.92 Å². The molecule has 0 unspecified atom stereocenters. The van der Waals surface area contributed by atoms with Crippen LogP contribution in [-0.4, -0.2) is 53.4 Å². The van der Waals surface area contributed by atoms with Crippen LogP contribution in [0.15, 0.2) is 22.9 Å². The van der Waals surface area contributed by atoms with Gasteiger partial charge in [0.15, 0.2) is 0 Å². The van der Waals surface area contributed by atoms with Crippen LogP contribution in [0.3, 0.4) is 0 Å². The minimum atomic E-state index is 0.0889. The quantitative estimate of drug-likeness (QED) is 0.798. The van der Waals surface area contributed by atoms with Gasteiger partial charge in [0.1, 0.15) is 4.60 Å². The molecule has 5 heteroatoms. The molecular formula is C14H18BrN3O. The first-order valence-corrected chi connectivity index (χ1v) is 7.65. The molecule has 0 N–H and O–H groups in total. The molecule has 102 valence electrons. The molecule has 1 saturated carbocycles. The summed E-state index contributed by atoms with van der Waals surface area (Å²) in [6.07, 6.45) is 4.47. The standard InChI is InChI=1S/C14H18BrN3O/c15-13-12(2-1-5-16-13)14(19)18-8-6-17(7-9-18)10-11-3-4-11/h1-2,5,11H,3-4,6-10H2. The Morgan fingerprint density at radius 1 is 1.32 bits per heavy atom. The summed E-state index contributed by atoms with van der Waals surface area (Å²) in [6.45, 7) is 4.87. The molecule has 1 aromatic heterocycles. The Bertz CT molecular complexity index is 468. The Balaban J connectivity index is 1.58. The zero-order valence-electron chi connectivity index (χ0n) is 10.9. The molecule has 1 aliphatic heterocycles. The number of nitrogens with zero attached hydrogens (tertiary/aromatic N) is 3. The third kappa shape index (κ3) is 3.15. The van der Waals surface area contributed by atoms with E-state index in [2.05, 4.69) is 25.8 Å². The fourth-order valence-corrected chi connectivity index (χ4v) is 2.93. The number of carbonyl (C=O) groups excluding carboxylic acids is 1. The van der Waals surface area contributed by atoms with E-state index in [1.165, 1.54) is 19.4 Å². The number of hydrogen-bond acceptors (Lipinski definition) is 3. The predicted molar refractivity (Wildman–Crippen MR) is 77.0 cm³/mol. The number of carbonyl (C=O) groups is 1. The maximum atomic E-state index is 12.4. The van der Waals surface area contributed by atoms with E-state index in [1.54, 1.807) is 12.3 Å². The summed E-state index contributed by atoms with van der Waals surface area (Å²) in [6, 6.07) is 3.64. The molecular weight excluding hydrogens is 306 g/mol. The second-order valence-electron chi connectivity index (χ2n) is 5.38. The summed E-state index contributed by atoms with van der Waals surface area (Å²) < 4.78 is 0.639. The van der Waals surface area contributed by atoms with E-state index in [0.29, 0.717) is 10.2 Å². The molecule has 0 radical (unpaired) electrons. The van der Waals surface area contributed by atoms with Gasteiger partial charge in [0, 0.05) is 38.9 Å². The van der Waals surface area contributed by atoms with Gasteiger partial charge in [0.25, 0.3) is 5.91 Å². The number of pyridine rings is 1. The minimum Gasteiger partial charge on any atom is -0.336 e. The van der Waals surface area contributed by atoms with Gasteiger partial charge in [0.05, 0.1) is 5.56 Å². The molecule has 1 saturated heterocycles. The van der Waals surface area contributed by atoms with Crippen molar-refractivity contribution in [3.8, 4) is 0 Å². The lowest BCUT2D eigenvalue weighted by molar-refractivity contribution is 0.0630. The highest BCUT2D eigenvalue weighted by Gasteiger charge is 2.28. The SMILES string of the molecule is O=C(c1cccnc1Br)N1CCN(CC2CC2)CC1. The summed E-state index contributed by atoms with van der Waals surface area (Å²) in [7, 11) is 0. The number of amides is 1. The molecule has 2 aliphatic rings. The lowest BCUT2D eigenvalue weighted by Gasteiger charge is -2.34. The van der Waals surface area contributed by atoms with E-state index in [1.807, 2.05) is 11.0 Å². The highest BCUT2D eigenvalue weighted by molar-refractivity contribution is 9.10. The van der Waals surface area contributed by atoms with E-state index in [0.717, 1.165) is 32.1 Å². The van der Waals surface area contributed by atoms with Gasteiger partial charge in [-0.25, -0.2) is 4.98 Å². The maximum Gasteiger partial charge on any atom is 0.256 e. The average Bonchev–Trinajstić information content (AvgIpc) is 3.23. The van der Waals surface area contributed by atoms with Gasteiger partial charge >= 0.3 is 0 Å². The Morgan fingerprint density at radius 3 is 2.68 bits per heavy atom. The Kier molecular flexibility index (Phi) is 3.84. The fourth-order valence-electron chi connectivity index (χ4n) is 2.52. The fraction of sp³-hybridized carbons (Fsp3) is 0.571. The lowest BCUT2D eigenvalue weighted by Crippen LogP contribution is -2.49. The summed E-state index contributed by atoms with van der Waals surface area (Å²) in [4.78, 5) is 20.9. The average molecular weight is 324 g/mol. The molecule has 2 heterocycles. The van der Waals surface area contributed by atoms with Crippen molar-refractivity contribution in [1.29, 1.82) is 0 Å². The number of aromatic nitrogens is 1. The van der Waals surface area contributed by atoms with Crippen molar-refractivity contribution in [2.75, 3.05) is 32.7 Å². The molecule has 0 aromatic carbocycles. The first-order valence-electron chi connectivity index (χ1n) is 6.86. The zero-order chi connectivity index (χ0) is 13.2. The maximum absolute atomic E-state index is 12.4. The van der Waals surface area contributed by atoms with E-state index in [-0.39, 0.29) is 5.91 Å². The molecule has 0 atom stereocenters. The van der Waals surface area contributed by atoms with Crippen LogP contribution < -0.4 is 0 Å². The van der Waals surface area contributed by atoms with Crippen LogP contribution >= 0.6 is 15.9 Å². The van der Waals surface area contributed by atoms with Crippen molar-refractivity contribution >= 4 is 21.8 Å². The van der Waals surface area contributed by atoms with Gasteiger partial charge in [-0.2, -0.15) is 0 Å². The van der Waals surface area contributed by atoms with Crippen LogP contribution in [-0.2, 0) is 0 Å². The van der Waals surface area contributed by atoms with Crippen LogP contribution in [0.25, 0.3) is 0 Å². The topological polar surface area (TPSA) is 36.4 Å². The van der Waals surface area contributed by atoms with E-state index in [9.17, 15) is 4.79 Å². The second kappa shape index (κ2) is 5.59. The van der Waals surface area contributed by atoms with Gasteiger partial charge in [-0.3, -0.25) is 9.69 Å². The molecule has 0 spiro atoms. The molecule has 4 nitrogen and oxygen atoms in total. The van der Waals surface area contributed by atoms with Gasteiger partial charge < -0.3 is 4.90 Å². The highest BCUT2D eigenvalue weighted by atomic mass is 79.9. The summed E-state index contributed by atoms with van der Waals surface area (Å²) in [5, 5.41) is 0.